The zero-order valence-electron chi connectivity index (χ0n) is 18.7. The molecule has 0 bridgehead atoms. The molecule has 0 fully saturated rings. The second kappa shape index (κ2) is 9.84. The van der Waals surface area contributed by atoms with Crippen LogP contribution in [0.4, 0.5) is 0 Å². The summed E-state index contributed by atoms with van der Waals surface area (Å²) in [6.45, 7) is 1.70. The third-order valence-electron chi connectivity index (χ3n) is 5.91. The van der Waals surface area contributed by atoms with E-state index < -0.39 is 11.5 Å². The Balaban J connectivity index is 0.00000306. The number of halogens is 1. The molecule has 4 aromatic rings. The highest BCUT2D eigenvalue weighted by atomic mass is 35.5. The maximum atomic E-state index is 13.9. The highest BCUT2D eigenvalue weighted by Crippen LogP contribution is 2.32. The number of aromatic nitrogens is 1. The van der Waals surface area contributed by atoms with E-state index in [1.54, 1.807) is 20.0 Å². The molecule has 33 heavy (non-hydrogen) atoms. The van der Waals surface area contributed by atoms with Crippen LogP contribution in [0.2, 0.25) is 0 Å². The lowest BCUT2D eigenvalue weighted by Gasteiger charge is -2.37. The number of amides is 1. The van der Waals surface area contributed by atoms with Crippen molar-refractivity contribution in [2.75, 3.05) is 14.2 Å². The molecule has 1 heterocycles. The van der Waals surface area contributed by atoms with Crippen molar-refractivity contribution < 1.29 is 14.3 Å². The van der Waals surface area contributed by atoms with Gasteiger partial charge in [-0.3, -0.25) is 4.79 Å². The van der Waals surface area contributed by atoms with Gasteiger partial charge in [0.2, 0.25) is 0 Å². The summed E-state index contributed by atoms with van der Waals surface area (Å²) >= 11 is 0. The summed E-state index contributed by atoms with van der Waals surface area (Å²) in [5.41, 5.74) is 2.16. The van der Waals surface area contributed by atoms with Gasteiger partial charge in [0.15, 0.2) is 5.54 Å². The SMILES string of the molecule is COC(=O)C(C)(c1ccccc1)N(C)C(=O)c1cc(-c2ccccc2)nc2ccccc12.Cl. The van der Waals surface area contributed by atoms with Crippen molar-refractivity contribution >= 4 is 35.2 Å². The zero-order chi connectivity index (χ0) is 22.7. The molecule has 3 aromatic carbocycles. The molecule has 0 saturated carbocycles. The fourth-order valence-electron chi connectivity index (χ4n) is 3.90. The minimum atomic E-state index is -1.30. The Morgan fingerprint density at radius 1 is 0.879 bits per heavy atom. The number of carbonyl (C=O) groups excluding carboxylic acids is 2. The molecule has 0 radical (unpaired) electrons. The Hall–Kier alpha value is -3.70. The van der Waals surface area contributed by atoms with E-state index in [4.69, 9.17) is 9.72 Å². The van der Waals surface area contributed by atoms with Crippen molar-refractivity contribution in [3.63, 3.8) is 0 Å². The van der Waals surface area contributed by atoms with Gasteiger partial charge >= 0.3 is 5.97 Å². The number of fused-ring (bicyclic) bond motifs is 1. The quantitative estimate of drug-likeness (QED) is 0.370. The minimum absolute atomic E-state index is 0. The van der Waals surface area contributed by atoms with Crippen LogP contribution < -0.4 is 0 Å². The molecule has 0 aliphatic heterocycles. The van der Waals surface area contributed by atoms with Crippen molar-refractivity contribution in [3.8, 4) is 11.3 Å². The molecule has 1 aromatic heterocycles. The van der Waals surface area contributed by atoms with E-state index in [1.807, 2.05) is 84.9 Å². The number of hydrogen-bond donors (Lipinski definition) is 0. The maximum absolute atomic E-state index is 13.9. The Bertz CT molecular complexity index is 1280. The van der Waals surface area contributed by atoms with Crippen molar-refractivity contribution in [1.82, 2.24) is 9.88 Å². The summed E-state index contributed by atoms with van der Waals surface area (Å²) < 4.78 is 5.11. The molecule has 5 nitrogen and oxygen atoms in total. The summed E-state index contributed by atoms with van der Waals surface area (Å²) in [6, 6.07) is 28.2. The average molecular weight is 461 g/mol. The van der Waals surface area contributed by atoms with E-state index in [0.717, 1.165) is 10.9 Å². The monoisotopic (exact) mass is 460 g/mol. The van der Waals surface area contributed by atoms with Crippen molar-refractivity contribution in [2.24, 2.45) is 0 Å². The van der Waals surface area contributed by atoms with Crippen LogP contribution in [0.15, 0.2) is 91.0 Å². The number of esters is 1. The molecular weight excluding hydrogens is 436 g/mol. The molecule has 168 valence electrons. The summed E-state index contributed by atoms with van der Waals surface area (Å²) in [5, 5.41) is 0.726. The van der Waals surface area contributed by atoms with E-state index in [2.05, 4.69) is 0 Å². The predicted molar refractivity (Wildman–Crippen MR) is 132 cm³/mol. The first kappa shape index (κ1) is 24.0. The van der Waals surface area contributed by atoms with Crippen LogP contribution in [0.25, 0.3) is 22.2 Å². The number of methoxy groups -OCH3 is 1. The van der Waals surface area contributed by atoms with E-state index in [0.29, 0.717) is 22.3 Å². The highest BCUT2D eigenvalue weighted by Gasteiger charge is 2.43. The first-order chi connectivity index (χ1) is 15.5. The van der Waals surface area contributed by atoms with Gasteiger partial charge in [0.05, 0.1) is 23.9 Å². The number of benzene rings is 3. The second-order valence-corrected chi connectivity index (χ2v) is 7.73. The molecular formula is C27H25ClN2O3. The minimum Gasteiger partial charge on any atom is -0.467 e. The number of carbonyl (C=O) groups is 2. The van der Waals surface area contributed by atoms with Crippen LogP contribution in [-0.4, -0.2) is 35.9 Å². The summed E-state index contributed by atoms with van der Waals surface area (Å²) in [5.74, 6) is -0.807. The third kappa shape index (κ3) is 4.32. The molecule has 1 unspecified atom stereocenters. The van der Waals surface area contributed by atoms with Crippen LogP contribution in [0, 0.1) is 0 Å². The van der Waals surface area contributed by atoms with Crippen LogP contribution in [-0.2, 0) is 15.1 Å². The highest BCUT2D eigenvalue weighted by molar-refractivity contribution is 6.08. The number of likely N-dealkylation sites (N-methyl/N-ethyl adjacent to an activating group) is 1. The lowest BCUT2D eigenvalue weighted by Crippen LogP contribution is -2.51. The van der Waals surface area contributed by atoms with Crippen molar-refractivity contribution in [2.45, 2.75) is 12.5 Å². The fraction of sp³-hybridized carbons (Fsp3) is 0.148. The molecule has 1 atom stereocenters. The standard InChI is InChI=1S/C27H24N2O3.ClH/c1-27(26(31)32-3,20-14-8-5-9-15-20)29(2)25(30)22-18-24(19-12-6-4-7-13-19)28-23-17-11-10-16-21(22)23;/h4-18H,1-3H3;1H. The zero-order valence-corrected chi connectivity index (χ0v) is 19.5. The molecule has 0 spiro atoms. The number of para-hydroxylation sites is 1. The van der Waals surface area contributed by atoms with Gasteiger partial charge in [0, 0.05) is 18.0 Å². The topological polar surface area (TPSA) is 59.5 Å². The third-order valence-corrected chi connectivity index (χ3v) is 5.91. The molecule has 6 heteroatoms. The Morgan fingerprint density at radius 2 is 1.45 bits per heavy atom. The Kier molecular flexibility index (Phi) is 7.14. The van der Waals surface area contributed by atoms with Crippen molar-refractivity contribution in [1.29, 1.82) is 0 Å². The van der Waals surface area contributed by atoms with Crippen LogP contribution in [0.3, 0.4) is 0 Å². The largest absolute Gasteiger partial charge is 0.467 e. The Morgan fingerprint density at radius 3 is 2.09 bits per heavy atom. The lowest BCUT2D eigenvalue weighted by molar-refractivity contribution is -0.152. The Labute approximate surface area is 199 Å². The summed E-state index contributed by atoms with van der Waals surface area (Å²) in [6.07, 6.45) is 0. The maximum Gasteiger partial charge on any atom is 0.336 e. The molecule has 1 amide bonds. The lowest BCUT2D eigenvalue weighted by atomic mass is 9.89. The average Bonchev–Trinajstić information content (AvgIpc) is 2.87. The normalized spacial score (nSPS) is 12.3. The molecule has 0 N–H and O–H groups in total. The van der Waals surface area contributed by atoms with E-state index in [-0.39, 0.29) is 18.3 Å². The number of hydrogen-bond acceptors (Lipinski definition) is 4. The second-order valence-electron chi connectivity index (χ2n) is 7.73. The van der Waals surface area contributed by atoms with Gasteiger partial charge in [-0.15, -0.1) is 12.4 Å². The summed E-state index contributed by atoms with van der Waals surface area (Å²) in [7, 11) is 2.96. The van der Waals surface area contributed by atoms with Gasteiger partial charge in [-0.25, -0.2) is 9.78 Å². The van der Waals surface area contributed by atoms with E-state index >= 15 is 0 Å². The first-order valence-electron chi connectivity index (χ1n) is 10.3. The van der Waals surface area contributed by atoms with Gasteiger partial charge < -0.3 is 9.64 Å². The molecule has 0 saturated heterocycles. The van der Waals surface area contributed by atoms with Crippen LogP contribution in [0.1, 0.15) is 22.8 Å². The number of ether oxygens (including phenoxy) is 1. The predicted octanol–water partition coefficient (Wildman–Crippen LogP) is 5.48. The number of pyridine rings is 1. The number of rotatable bonds is 5. The van der Waals surface area contributed by atoms with Gasteiger partial charge in [-0.1, -0.05) is 78.9 Å². The van der Waals surface area contributed by atoms with Crippen molar-refractivity contribution in [3.05, 3.63) is 102 Å². The molecule has 0 aliphatic carbocycles. The van der Waals surface area contributed by atoms with E-state index in [9.17, 15) is 9.59 Å². The van der Waals surface area contributed by atoms with Crippen LogP contribution >= 0.6 is 12.4 Å². The smallest absolute Gasteiger partial charge is 0.336 e. The van der Waals surface area contributed by atoms with Gasteiger partial charge in [-0.2, -0.15) is 0 Å². The summed E-state index contributed by atoms with van der Waals surface area (Å²) in [4.78, 5) is 33.0. The molecule has 4 rings (SSSR count). The van der Waals surface area contributed by atoms with Crippen LogP contribution in [0.5, 0.6) is 0 Å². The van der Waals surface area contributed by atoms with E-state index in [1.165, 1.54) is 12.0 Å². The van der Waals surface area contributed by atoms with Gasteiger partial charge in [0.1, 0.15) is 0 Å². The van der Waals surface area contributed by atoms with Gasteiger partial charge in [0.25, 0.3) is 5.91 Å². The molecule has 0 aliphatic rings. The fourth-order valence-corrected chi connectivity index (χ4v) is 3.90. The first-order valence-corrected chi connectivity index (χ1v) is 10.3. The number of nitrogens with zero attached hydrogens (tertiary/aromatic N) is 2. The van der Waals surface area contributed by atoms with Gasteiger partial charge in [-0.05, 0) is 24.6 Å².